The number of aryl methyl sites for hydroxylation is 1. The minimum atomic E-state index is -0.119. The standard InChI is InChI=1S/C17H21NO3/c1-2-21-17(20)10-4-3-7-12-18-13-11-16(19)14-8-5-6-9-15(14)18/h5-6,8-9,11,13H,2-4,7,10,12H2,1H3. The van der Waals surface area contributed by atoms with E-state index in [1.807, 2.05) is 37.4 Å². The summed E-state index contributed by atoms with van der Waals surface area (Å²) in [6.07, 6.45) is 5.12. The average Bonchev–Trinajstić information content (AvgIpc) is 2.49. The molecule has 1 aromatic heterocycles. The first-order chi connectivity index (χ1) is 10.2. The Kier molecular flexibility index (Phi) is 5.55. The monoisotopic (exact) mass is 287 g/mol. The number of rotatable bonds is 7. The van der Waals surface area contributed by atoms with E-state index in [0.717, 1.165) is 36.7 Å². The Balaban J connectivity index is 1.88. The number of fused-ring (bicyclic) bond motifs is 1. The molecule has 0 N–H and O–H groups in total. The van der Waals surface area contributed by atoms with Gasteiger partial charge in [-0.2, -0.15) is 0 Å². The molecule has 0 aliphatic carbocycles. The summed E-state index contributed by atoms with van der Waals surface area (Å²) in [7, 11) is 0. The first kappa shape index (κ1) is 15.3. The number of ether oxygens (including phenoxy) is 1. The maximum Gasteiger partial charge on any atom is 0.305 e. The molecular weight excluding hydrogens is 266 g/mol. The van der Waals surface area contributed by atoms with Crippen molar-refractivity contribution in [2.45, 2.75) is 39.2 Å². The summed E-state index contributed by atoms with van der Waals surface area (Å²) in [6.45, 7) is 3.12. The topological polar surface area (TPSA) is 48.3 Å². The van der Waals surface area contributed by atoms with Crippen molar-refractivity contribution in [1.82, 2.24) is 4.57 Å². The maximum atomic E-state index is 11.8. The maximum absolute atomic E-state index is 11.8. The van der Waals surface area contributed by atoms with E-state index >= 15 is 0 Å². The number of carbonyl (C=O) groups excluding carboxylic acids is 1. The molecule has 2 rings (SSSR count). The van der Waals surface area contributed by atoms with E-state index in [4.69, 9.17) is 4.74 Å². The lowest BCUT2D eigenvalue weighted by atomic mass is 10.1. The molecule has 1 heterocycles. The van der Waals surface area contributed by atoms with E-state index in [1.165, 1.54) is 0 Å². The second kappa shape index (κ2) is 7.62. The molecule has 4 heteroatoms. The highest BCUT2D eigenvalue weighted by Crippen LogP contribution is 2.11. The molecule has 0 amide bonds. The smallest absolute Gasteiger partial charge is 0.305 e. The van der Waals surface area contributed by atoms with Gasteiger partial charge in [0.15, 0.2) is 5.43 Å². The summed E-state index contributed by atoms with van der Waals surface area (Å²) in [5, 5.41) is 0.756. The number of aromatic nitrogens is 1. The predicted molar refractivity (Wildman–Crippen MR) is 83.3 cm³/mol. The van der Waals surface area contributed by atoms with Gasteiger partial charge in [0, 0.05) is 30.6 Å². The number of benzene rings is 1. The molecule has 21 heavy (non-hydrogen) atoms. The molecule has 2 aromatic rings. The van der Waals surface area contributed by atoms with Gasteiger partial charge in [-0.1, -0.05) is 18.6 Å². The van der Waals surface area contributed by atoms with Gasteiger partial charge in [0.25, 0.3) is 0 Å². The zero-order valence-corrected chi connectivity index (χ0v) is 12.4. The van der Waals surface area contributed by atoms with Crippen molar-refractivity contribution in [2.75, 3.05) is 6.61 Å². The number of esters is 1. The molecule has 0 spiro atoms. The lowest BCUT2D eigenvalue weighted by molar-refractivity contribution is -0.143. The van der Waals surface area contributed by atoms with Gasteiger partial charge in [0.05, 0.1) is 12.1 Å². The summed E-state index contributed by atoms with van der Waals surface area (Å²) in [5.41, 5.74) is 1.03. The summed E-state index contributed by atoms with van der Waals surface area (Å²) in [5.74, 6) is -0.119. The highest BCUT2D eigenvalue weighted by atomic mass is 16.5. The van der Waals surface area contributed by atoms with Crippen LogP contribution in [0.1, 0.15) is 32.6 Å². The van der Waals surface area contributed by atoms with Gasteiger partial charge in [-0.3, -0.25) is 9.59 Å². The largest absolute Gasteiger partial charge is 0.466 e. The molecule has 0 saturated heterocycles. The predicted octanol–water partition coefficient (Wildman–Crippen LogP) is 3.13. The Bertz CT molecular complexity index is 660. The van der Waals surface area contributed by atoms with E-state index in [1.54, 1.807) is 6.07 Å². The summed E-state index contributed by atoms with van der Waals surface area (Å²) in [6, 6.07) is 9.26. The van der Waals surface area contributed by atoms with Crippen molar-refractivity contribution in [1.29, 1.82) is 0 Å². The van der Waals surface area contributed by atoms with Gasteiger partial charge in [0.2, 0.25) is 0 Å². The van der Waals surface area contributed by atoms with Crippen molar-refractivity contribution in [3.8, 4) is 0 Å². The minimum absolute atomic E-state index is 0.0594. The van der Waals surface area contributed by atoms with Crippen molar-refractivity contribution in [3.63, 3.8) is 0 Å². The summed E-state index contributed by atoms with van der Waals surface area (Å²) >= 11 is 0. The fraction of sp³-hybridized carbons (Fsp3) is 0.412. The van der Waals surface area contributed by atoms with E-state index in [-0.39, 0.29) is 11.4 Å². The highest BCUT2D eigenvalue weighted by Gasteiger charge is 2.03. The Morgan fingerprint density at radius 1 is 1.14 bits per heavy atom. The van der Waals surface area contributed by atoms with E-state index in [2.05, 4.69) is 4.57 Å². The Morgan fingerprint density at radius 2 is 1.95 bits per heavy atom. The number of nitrogens with zero attached hydrogens (tertiary/aromatic N) is 1. The second-order valence-electron chi connectivity index (χ2n) is 5.01. The SMILES string of the molecule is CCOC(=O)CCCCCn1ccc(=O)c2ccccc21. The molecule has 0 aliphatic rings. The zero-order valence-electron chi connectivity index (χ0n) is 12.4. The summed E-state index contributed by atoms with van der Waals surface area (Å²) < 4.78 is 7.00. The normalized spacial score (nSPS) is 10.7. The second-order valence-corrected chi connectivity index (χ2v) is 5.01. The Hall–Kier alpha value is -2.10. The third kappa shape index (κ3) is 4.18. The van der Waals surface area contributed by atoms with Crippen molar-refractivity contribution in [3.05, 3.63) is 46.8 Å². The zero-order chi connectivity index (χ0) is 15.1. The highest BCUT2D eigenvalue weighted by molar-refractivity contribution is 5.78. The van der Waals surface area contributed by atoms with Gasteiger partial charge >= 0.3 is 5.97 Å². The number of hydrogen-bond donors (Lipinski definition) is 0. The van der Waals surface area contributed by atoms with Crippen LogP contribution in [0, 0.1) is 0 Å². The van der Waals surface area contributed by atoms with E-state index in [9.17, 15) is 9.59 Å². The van der Waals surface area contributed by atoms with Crippen LogP contribution in [0.3, 0.4) is 0 Å². The van der Waals surface area contributed by atoms with Gasteiger partial charge in [-0.15, -0.1) is 0 Å². The van der Waals surface area contributed by atoms with Crippen LogP contribution in [-0.2, 0) is 16.1 Å². The van der Waals surface area contributed by atoms with E-state index < -0.39 is 0 Å². The van der Waals surface area contributed by atoms with Crippen LogP contribution in [0.2, 0.25) is 0 Å². The van der Waals surface area contributed by atoms with Crippen LogP contribution in [0.4, 0.5) is 0 Å². The molecule has 0 bridgehead atoms. The first-order valence-corrected chi connectivity index (χ1v) is 7.46. The molecule has 0 atom stereocenters. The molecular formula is C17H21NO3. The molecule has 0 aliphatic heterocycles. The first-order valence-electron chi connectivity index (χ1n) is 7.46. The third-order valence-electron chi connectivity index (χ3n) is 3.47. The molecule has 112 valence electrons. The van der Waals surface area contributed by atoms with Crippen LogP contribution < -0.4 is 5.43 Å². The number of para-hydroxylation sites is 1. The lowest BCUT2D eigenvalue weighted by Crippen LogP contribution is -2.08. The van der Waals surface area contributed by atoms with Gasteiger partial charge < -0.3 is 9.30 Å². The Morgan fingerprint density at radius 3 is 2.76 bits per heavy atom. The number of carbonyl (C=O) groups is 1. The third-order valence-corrected chi connectivity index (χ3v) is 3.47. The fourth-order valence-corrected chi connectivity index (χ4v) is 2.42. The fourth-order valence-electron chi connectivity index (χ4n) is 2.42. The van der Waals surface area contributed by atoms with Crippen LogP contribution in [0.25, 0.3) is 10.9 Å². The minimum Gasteiger partial charge on any atom is -0.466 e. The van der Waals surface area contributed by atoms with Crippen LogP contribution >= 0.6 is 0 Å². The van der Waals surface area contributed by atoms with Crippen LogP contribution in [0.5, 0.6) is 0 Å². The average molecular weight is 287 g/mol. The van der Waals surface area contributed by atoms with Crippen LogP contribution in [-0.4, -0.2) is 17.1 Å². The molecule has 0 fully saturated rings. The van der Waals surface area contributed by atoms with E-state index in [0.29, 0.717) is 13.0 Å². The summed E-state index contributed by atoms with van der Waals surface area (Å²) in [4.78, 5) is 23.0. The molecule has 0 radical (unpaired) electrons. The van der Waals surface area contributed by atoms with Crippen molar-refractivity contribution >= 4 is 16.9 Å². The quantitative estimate of drug-likeness (QED) is 0.580. The molecule has 1 aromatic carbocycles. The van der Waals surface area contributed by atoms with Gasteiger partial charge in [-0.25, -0.2) is 0 Å². The van der Waals surface area contributed by atoms with Gasteiger partial charge in [0.1, 0.15) is 0 Å². The number of unbranched alkanes of at least 4 members (excludes halogenated alkanes) is 2. The van der Waals surface area contributed by atoms with Gasteiger partial charge in [-0.05, 0) is 31.9 Å². The van der Waals surface area contributed by atoms with Crippen LogP contribution in [0.15, 0.2) is 41.3 Å². The van der Waals surface area contributed by atoms with Crippen molar-refractivity contribution < 1.29 is 9.53 Å². The number of hydrogen-bond acceptors (Lipinski definition) is 3. The Labute approximate surface area is 124 Å². The molecule has 0 saturated carbocycles. The molecule has 4 nitrogen and oxygen atoms in total. The molecule has 0 unspecified atom stereocenters. The lowest BCUT2D eigenvalue weighted by Gasteiger charge is -2.10. The van der Waals surface area contributed by atoms with Crippen molar-refractivity contribution in [2.24, 2.45) is 0 Å². The number of pyridine rings is 1.